The van der Waals surface area contributed by atoms with Crippen molar-refractivity contribution < 1.29 is 22.5 Å². The van der Waals surface area contributed by atoms with Crippen molar-refractivity contribution >= 4 is 21.8 Å². The monoisotopic (exact) mass is 460 g/mol. The molecule has 9 nitrogen and oxygen atoms in total. The van der Waals surface area contributed by atoms with E-state index >= 15 is 0 Å². The molecule has 0 unspecified atom stereocenters. The highest BCUT2D eigenvalue weighted by atomic mass is 32.2. The van der Waals surface area contributed by atoms with Crippen molar-refractivity contribution in [2.45, 2.75) is 38.1 Å². The number of aromatic nitrogens is 1. The van der Waals surface area contributed by atoms with E-state index in [4.69, 9.17) is 4.52 Å². The van der Waals surface area contributed by atoms with E-state index in [1.807, 2.05) is 37.3 Å². The summed E-state index contributed by atoms with van der Waals surface area (Å²) in [6, 6.07) is 9.66. The molecule has 172 valence electrons. The zero-order valence-corrected chi connectivity index (χ0v) is 19.3. The van der Waals surface area contributed by atoms with Crippen molar-refractivity contribution in [1.82, 2.24) is 19.3 Å². The Bertz CT molecular complexity index is 1090. The van der Waals surface area contributed by atoms with Crippen molar-refractivity contribution in [3.8, 4) is 0 Å². The van der Waals surface area contributed by atoms with Gasteiger partial charge < -0.3 is 14.3 Å². The van der Waals surface area contributed by atoms with Gasteiger partial charge in [0.05, 0.1) is 12.0 Å². The van der Waals surface area contributed by atoms with Crippen molar-refractivity contribution in [3.05, 3.63) is 47.3 Å². The summed E-state index contributed by atoms with van der Waals surface area (Å²) in [5.74, 6) is -0.257. The number of carbonyl (C=O) groups is 2. The first kappa shape index (κ1) is 22.5. The highest BCUT2D eigenvalue weighted by molar-refractivity contribution is 7.89. The van der Waals surface area contributed by atoms with Crippen LogP contribution in [0.4, 0.5) is 0 Å². The maximum absolute atomic E-state index is 13.1. The lowest BCUT2D eigenvalue weighted by molar-refractivity contribution is -0.137. The fourth-order valence-electron chi connectivity index (χ4n) is 4.56. The molecule has 2 atom stereocenters. The van der Waals surface area contributed by atoms with E-state index in [9.17, 15) is 18.0 Å². The van der Waals surface area contributed by atoms with E-state index in [1.165, 1.54) is 4.31 Å². The Kier molecular flexibility index (Phi) is 6.09. The third-order valence-corrected chi connectivity index (χ3v) is 8.52. The number of sulfonamides is 1. The number of hydrogen-bond acceptors (Lipinski definition) is 6. The quantitative estimate of drug-likeness (QED) is 0.673. The lowest BCUT2D eigenvalue weighted by atomic mass is 10.1. The van der Waals surface area contributed by atoms with Crippen LogP contribution in [0.15, 0.2) is 39.8 Å². The molecule has 0 radical (unpaired) electrons. The van der Waals surface area contributed by atoms with Gasteiger partial charge in [-0.25, -0.2) is 8.42 Å². The lowest BCUT2D eigenvalue weighted by Crippen LogP contribution is -2.52. The first-order valence-corrected chi connectivity index (χ1v) is 12.2. The molecule has 0 spiro atoms. The van der Waals surface area contributed by atoms with Gasteiger partial charge in [-0.15, -0.1) is 0 Å². The van der Waals surface area contributed by atoms with Gasteiger partial charge in [-0.3, -0.25) is 9.59 Å². The van der Waals surface area contributed by atoms with Crippen LogP contribution in [0, 0.1) is 19.8 Å². The Morgan fingerprint density at radius 2 is 1.78 bits per heavy atom. The van der Waals surface area contributed by atoms with Gasteiger partial charge in [0.15, 0.2) is 5.76 Å². The number of hydrogen-bond donors (Lipinski definition) is 0. The number of piperazine rings is 1. The minimum Gasteiger partial charge on any atom is -0.360 e. The van der Waals surface area contributed by atoms with Gasteiger partial charge in [-0.2, -0.15) is 4.31 Å². The lowest BCUT2D eigenvalue weighted by Gasteiger charge is -2.35. The van der Waals surface area contributed by atoms with E-state index in [0.29, 0.717) is 25.3 Å². The van der Waals surface area contributed by atoms with Crippen molar-refractivity contribution in [2.24, 2.45) is 5.92 Å². The van der Waals surface area contributed by atoms with Crippen LogP contribution in [0.3, 0.4) is 0 Å². The number of aryl methyl sites for hydroxylation is 2. The molecule has 0 saturated carbocycles. The molecular formula is C22H28N4O5S. The Balaban J connectivity index is 1.38. The number of benzene rings is 1. The van der Waals surface area contributed by atoms with Gasteiger partial charge in [0.1, 0.15) is 10.6 Å². The van der Waals surface area contributed by atoms with Gasteiger partial charge >= 0.3 is 0 Å². The van der Waals surface area contributed by atoms with Crippen LogP contribution in [0.2, 0.25) is 0 Å². The molecule has 2 fully saturated rings. The fourth-order valence-corrected chi connectivity index (χ4v) is 6.28. The Labute approximate surface area is 188 Å². The fraction of sp³-hybridized carbons (Fsp3) is 0.500. The number of carbonyl (C=O) groups excluding carboxylic acids is 2. The van der Waals surface area contributed by atoms with Gasteiger partial charge in [-0.05, 0) is 26.3 Å². The Morgan fingerprint density at radius 3 is 2.38 bits per heavy atom. The summed E-state index contributed by atoms with van der Waals surface area (Å²) in [4.78, 5) is 29.3. The SMILES string of the molecule is Cc1noc(C)c1S(=O)(=O)N1CCN(C(=O)[C@H]2CC(=O)N([C@@H](C)c3ccccc3)C2)CC1. The molecule has 0 bridgehead atoms. The van der Waals surface area contributed by atoms with Crippen molar-refractivity contribution in [2.75, 3.05) is 32.7 Å². The highest BCUT2D eigenvalue weighted by Gasteiger charge is 2.40. The van der Waals surface area contributed by atoms with Crippen molar-refractivity contribution in [1.29, 1.82) is 0 Å². The van der Waals surface area contributed by atoms with Crippen LogP contribution in [0.25, 0.3) is 0 Å². The van der Waals surface area contributed by atoms with E-state index in [1.54, 1.807) is 23.6 Å². The molecule has 2 aromatic rings. The zero-order chi connectivity index (χ0) is 23.0. The predicted octanol–water partition coefficient (Wildman–Crippen LogP) is 1.73. The molecule has 2 amide bonds. The van der Waals surface area contributed by atoms with Gasteiger partial charge in [-0.1, -0.05) is 35.5 Å². The van der Waals surface area contributed by atoms with E-state index < -0.39 is 15.9 Å². The Morgan fingerprint density at radius 1 is 1.12 bits per heavy atom. The highest BCUT2D eigenvalue weighted by Crippen LogP contribution is 2.30. The molecule has 2 saturated heterocycles. The van der Waals surface area contributed by atoms with Crippen LogP contribution in [0.1, 0.15) is 36.4 Å². The number of amides is 2. The third kappa shape index (κ3) is 4.04. The maximum atomic E-state index is 13.1. The zero-order valence-electron chi connectivity index (χ0n) is 18.5. The molecule has 4 rings (SSSR count). The minimum absolute atomic E-state index is 0.0284. The smallest absolute Gasteiger partial charge is 0.248 e. The second-order valence-corrected chi connectivity index (χ2v) is 10.3. The molecule has 1 aromatic carbocycles. The molecular weight excluding hydrogens is 432 g/mol. The second kappa shape index (κ2) is 8.67. The normalized spacial score (nSPS) is 21.2. The maximum Gasteiger partial charge on any atom is 0.248 e. The molecule has 10 heteroatoms. The van der Waals surface area contributed by atoms with E-state index in [0.717, 1.165) is 5.56 Å². The molecule has 2 aliphatic rings. The van der Waals surface area contributed by atoms with E-state index in [-0.39, 0.29) is 48.0 Å². The van der Waals surface area contributed by atoms with Crippen LogP contribution in [-0.2, 0) is 19.6 Å². The van der Waals surface area contributed by atoms with Crippen LogP contribution < -0.4 is 0 Å². The van der Waals surface area contributed by atoms with Gasteiger partial charge in [0, 0.05) is 39.1 Å². The largest absolute Gasteiger partial charge is 0.360 e. The first-order valence-electron chi connectivity index (χ1n) is 10.8. The van der Waals surface area contributed by atoms with Gasteiger partial charge in [0.25, 0.3) is 0 Å². The van der Waals surface area contributed by atoms with Crippen LogP contribution in [-0.4, -0.2) is 72.2 Å². The molecule has 3 heterocycles. The molecule has 0 aliphatic carbocycles. The van der Waals surface area contributed by atoms with Gasteiger partial charge in [0.2, 0.25) is 21.8 Å². The summed E-state index contributed by atoms with van der Waals surface area (Å²) in [6.45, 7) is 6.50. The summed E-state index contributed by atoms with van der Waals surface area (Å²) in [6.07, 6.45) is 0.188. The minimum atomic E-state index is -3.73. The summed E-state index contributed by atoms with van der Waals surface area (Å²) in [7, 11) is -3.73. The number of likely N-dealkylation sites (tertiary alicyclic amines) is 1. The second-order valence-electron chi connectivity index (χ2n) is 8.42. The number of rotatable bonds is 5. The molecule has 2 aliphatic heterocycles. The van der Waals surface area contributed by atoms with Crippen LogP contribution >= 0.6 is 0 Å². The summed E-state index contributed by atoms with van der Waals surface area (Å²) in [5, 5.41) is 3.74. The first-order chi connectivity index (χ1) is 15.2. The molecule has 32 heavy (non-hydrogen) atoms. The average molecular weight is 461 g/mol. The standard InChI is InChI=1S/C22H28N4O5S/c1-15-21(17(3)31-23-15)32(29,30)25-11-9-24(10-12-25)22(28)19-13-20(27)26(14-19)16(2)18-7-5-4-6-8-18/h4-8,16,19H,9-14H2,1-3H3/t16-,19-/m0/s1. The predicted molar refractivity (Wildman–Crippen MR) is 116 cm³/mol. The molecule has 0 N–H and O–H groups in total. The summed E-state index contributed by atoms with van der Waals surface area (Å²) in [5.41, 5.74) is 1.37. The topological polar surface area (TPSA) is 104 Å². The Hall–Kier alpha value is -2.72. The van der Waals surface area contributed by atoms with Crippen LogP contribution in [0.5, 0.6) is 0 Å². The molecule has 1 aromatic heterocycles. The van der Waals surface area contributed by atoms with Crippen molar-refractivity contribution in [3.63, 3.8) is 0 Å². The summed E-state index contributed by atoms with van der Waals surface area (Å²) >= 11 is 0. The summed E-state index contributed by atoms with van der Waals surface area (Å²) < 4.78 is 32.4. The third-order valence-electron chi connectivity index (χ3n) is 6.37. The average Bonchev–Trinajstić information content (AvgIpc) is 3.35. The van der Waals surface area contributed by atoms with E-state index in [2.05, 4.69) is 5.16 Å². The number of nitrogens with zero attached hydrogens (tertiary/aromatic N) is 4.